The summed E-state index contributed by atoms with van der Waals surface area (Å²) in [6, 6.07) is 22.9. The van der Waals surface area contributed by atoms with Crippen molar-refractivity contribution in [2.24, 2.45) is 0 Å². The lowest BCUT2D eigenvalue weighted by atomic mass is 10.0. The van der Waals surface area contributed by atoms with Crippen LogP contribution in [-0.2, 0) is 0 Å². The third-order valence-electron chi connectivity index (χ3n) is 3.68. The van der Waals surface area contributed by atoms with Gasteiger partial charge in [0.2, 0.25) is 0 Å². The van der Waals surface area contributed by atoms with E-state index in [0.717, 1.165) is 11.3 Å². The van der Waals surface area contributed by atoms with Crippen LogP contribution in [0.15, 0.2) is 85.3 Å². The maximum Gasteiger partial charge on any atom is 0.0723 e. The van der Waals surface area contributed by atoms with Crippen molar-refractivity contribution in [1.82, 2.24) is 9.38 Å². The number of pyridine rings is 2. The standard InChI is InChI=1S/C19H14N2/c1-2-7-15(8-3-1)16-13-17(18-9-4-5-11-20-18)19-10-6-12-21(19)14-16/h1-14H. The number of rotatable bonds is 2. The van der Waals surface area contributed by atoms with Gasteiger partial charge in [-0.05, 0) is 41.5 Å². The summed E-state index contributed by atoms with van der Waals surface area (Å²) < 4.78 is 2.16. The van der Waals surface area contributed by atoms with Crippen molar-refractivity contribution in [3.8, 4) is 22.4 Å². The molecule has 4 aromatic rings. The Kier molecular flexibility index (Phi) is 2.79. The molecular weight excluding hydrogens is 256 g/mol. The van der Waals surface area contributed by atoms with E-state index in [-0.39, 0.29) is 0 Å². The van der Waals surface area contributed by atoms with Crippen LogP contribution in [0.25, 0.3) is 27.9 Å². The second-order valence-corrected chi connectivity index (χ2v) is 5.02. The number of fused-ring (bicyclic) bond motifs is 1. The maximum absolute atomic E-state index is 4.50. The normalized spacial score (nSPS) is 10.9. The van der Waals surface area contributed by atoms with E-state index >= 15 is 0 Å². The van der Waals surface area contributed by atoms with Crippen LogP contribution in [0.4, 0.5) is 0 Å². The van der Waals surface area contributed by atoms with E-state index < -0.39 is 0 Å². The van der Waals surface area contributed by atoms with E-state index in [9.17, 15) is 0 Å². The number of hydrogen-bond acceptors (Lipinski definition) is 1. The first-order valence-electron chi connectivity index (χ1n) is 6.99. The monoisotopic (exact) mass is 270 g/mol. The van der Waals surface area contributed by atoms with Gasteiger partial charge in [-0.25, -0.2) is 0 Å². The number of nitrogens with zero attached hydrogens (tertiary/aromatic N) is 2. The molecule has 21 heavy (non-hydrogen) atoms. The molecule has 100 valence electrons. The highest BCUT2D eigenvalue weighted by Gasteiger charge is 2.08. The second-order valence-electron chi connectivity index (χ2n) is 5.02. The predicted molar refractivity (Wildman–Crippen MR) is 86.1 cm³/mol. The Bertz CT molecular complexity index is 877. The minimum Gasteiger partial charge on any atom is -0.323 e. The fraction of sp³-hybridized carbons (Fsp3) is 0. The summed E-state index contributed by atoms with van der Waals surface area (Å²) in [6.45, 7) is 0. The van der Waals surface area contributed by atoms with E-state index in [0.29, 0.717) is 0 Å². The molecule has 0 atom stereocenters. The van der Waals surface area contributed by atoms with Gasteiger partial charge in [-0.15, -0.1) is 0 Å². The molecule has 3 aromatic heterocycles. The van der Waals surface area contributed by atoms with Gasteiger partial charge in [0.15, 0.2) is 0 Å². The number of benzene rings is 1. The zero-order valence-electron chi connectivity index (χ0n) is 11.5. The van der Waals surface area contributed by atoms with Gasteiger partial charge in [0.25, 0.3) is 0 Å². The molecule has 0 fully saturated rings. The predicted octanol–water partition coefficient (Wildman–Crippen LogP) is 4.67. The van der Waals surface area contributed by atoms with Gasteiger partial charge < -0.3 is 4.40 Å². The van der Waals surface area contributed by atoms with Crippen LogP contribution < -0.4 is 0 Å². The molecule has 0 aliphatic carbocycles. The molecule has 3 heterocycles. The lowest BCUT2D eigenvalue weighted by molar-refractivity contribution is 1.19. The Hall–Kier alpha value is -2.87. The van der Waals surface area contributed by atoms with E-state index in [1.807, 2.05) is 24.4 Å². The van der Waals surface area contributed by atoms with Crippen LogP contribution in [0, 0.1) is 0 Å². The van der Waals surface area contributed by atoms with Gasteiger partial charge in [-0.3, -0.25) is 4.98 Å². The van der Waals surface area contributed by atoms with Crippen molar-refractivity contribution in [3.05, 3.63) is 85.3 Å². The quantitative estimate of drug-likeness (QED) is 0.517. The van der Waals surface area contributed by atoms with Crippen LogP contribution in [0.3, 0.4) is 0 Å². The SMILES string of the molecule is c1ccc(-c2cc(-c3ccccn3)c3cccn3c2)cc1. The number of hydrogen-bond donors (Lipinski definition) is 0. The summed E-state index contributed by atoms with van der Waals surface area (Å²) in [6.07, 6.45) is 6.08. The van der Waals surface area contributed by atoms with Crippen molar-refractivity contribution in [1.29, 1.82) is 0 Å². The zero-order chi connectivity index (χ0) is 14.1. The van der Waals surface area contributed by atoms with Gasteiger partial charge >= 0.3 is 0 Å². The van der Waals surface area contributed by atoms with E-state index in [2.05, 4.69) is 70.3 Å². The van der Waals surface area contributed by atoms with Crippen molar-refractivity contribution in [2.75, 3.05) is 0 Å². The molecule has 0 aliphatic heterocycles. The largest absolute Gasteiger partial charge is 0.323 e. The van der Waals surface area contributed by atoms with E-state index in [1.165, 1.54) is 16.6 Å². The van der Waals surface area contributed by atoms with Gasteiger partial charge in [-0.2, -0.15) is 0 Å². The van der Waals surface area contributed by atoms with Crippen LogP contribution in [-0.4, -0.2) is 9.38 Å². The Morgan fingerprint density at radius 1 is 0.762 bits per heavy atom. The Morgan fingerprint density at radius 2 is 1.62 bits per heavy atom. The molecule has 1 aromatic carbocycles. The fourth-order valence-electron chi connectivity index (χ4n) is 2.67. The summed E-state index contributed by atoms with van der Waals surface area (Å²) in [5, 5.41) is 0. The number of aromatic nitrogens is 2. The first-order chi connectivity index (χ1) is 10.4. The topological polar surface area (TPSA) is 17.3 Å². The second kappa shape index (κ2) is 4.91. The first kappa shape index (κ1) is 11.9. The van der Waals surface area contributed by atoms with Crippen molar-refractivity contribution in [3.63, 3.8) is 0 Å². The maximum atomic E-state index is 4.50. The van der Waals surface area contributed by atoms with Gasteiger partial charge in [-0.1, -0.05) is 36.4 Å². The molecule has 0 amide bonds. The van der Waals surface area contributed by atoms with Gasteiger partial charge in [0, 0.05) is 24.2 Å². The molecule has 0 bridgehead atoms. The van der Waals surface area contributed by atoms with Gasteiger partial charge in [0.1, 0.15) is 0 Å². The molecule has 2 heteroatoms. The minimum absolute atomic E-state index is 0.999. The molecule has 0 aliphatic rings. The molecule has 0 radical (unpaired) electrons. The highest BCUT2D eigenvalue weighted by Crippen LogP contribution is 2.29. The fourth-order valence-corrected chi connectivity index (χ4v) is 2.67. The lowest BCUT2D eigenvalue weighted by Gasteiger charge is -2.09. The molecule has 2 nitrogen and oxygen atoms in total. The molecule has 4 rings (SSSR count). The van der Waals surface area contributed by atoms with E-state index in [1.54, 1.807) is 0 Å². The van der Waals surface area contributed by atoms with Crippen molar-refractivity contribution in [2.45, 2.75) is 0 Å². The first-order valence-corrected chi connectivity index (χ1v) is 6.99. The highest BCUT2D eigenvalue weighted by atomic mass is 14.9. The van der Waals surface area contributed by atoms with Crippen LogP contribution >= 0.6 is 0 Å². The molecule has 0 saturated carbocycles. The Balaban J connectivity index is 2.00. The van der Waals surface area contributed by atoms with E-state index in [4.69, 9.17) is 0 Å². The van der Waals surface area contributed by atoms with Crippen LogP contribution in [0.2, 0.25) is 0 Å². The third kappa shape index (κ3) is 2.11. The molecule has 0 spiro atoms. The summed E-state index contributed by atoms with van der Waals surface area (Å²) in [4.78, 5) is 4.50. The van der Waals surface area contributed by atoms with Crippen molar-refractivity contribution < 1.29 is 0 Å². The average molecular weight is 270 g/mol. The zero-order valence-corrected chi connectivity index (χ0v) is 11.5. The average Bonchev–Trinajstić information content (AvgIpc) is 3.04. The summed E-state index contributed by atoms with van der Waals surface area (Å²) >= 11 is 0. The Labute approximate surface area is 123 Å². The molecule has 0 saturated heterocycles. The summed E-state index contributed by atoms with van der Waals surface area (Å²) in [7, 11) is 0. The third-order valence-corrected chi connectivity index (χ3v) is 3.68. The lowest BCUT2D eigenvalue weighted by Crippen LogP contribution is -1.91. The Morgan fingerprint density at radius 3 is 2.43 bits per heavy atom. The summed E-state index contributed by atoms with van der Waals surface area (Å²) in [5.74, 6) is 0. The minimum atomic E-state index is 0.999. The molecule has 0 unspecified atom stereocenters. The summed E-state index contributed by atoms with van der Waals surface area (Å²) in [5.41, 5.74) is 5.74. The van der Waals surface area contributed by atoms with Crippen LogP contribution in [0.1, 0.15) is 0 Å². The van der Waals surface area contributed by atoms with Gasteiger partial charge in [0.05, 0.1) is 11.2 Å². The molecular formula is C19H14N2. The van der Waals surface area contributed by atoms with Crippen molar-refractivity contribution >= 4 is 5.52 Å². The van der Waals surface area contributed by atoms with Crippen LogP contribution in [0.5, 0.6) is 0 Å². The smallest absolute Gasteiger partial charge is 0.0723 e. The highest BCUT2D eigenvalue weighted by molar-refractivity contribution is 5.83. The molecule has 0 N–H and O–H groups in total.